The third-order valence-corrected chi connectivity index (χ3v) is 9.09. The predicted molar refractivity (Wildman–Crippen MR) is 109 cm³/mol. The van der Waals surface area contributed by atoms with E-state index in [0.717, 1.165) is 24.2 Å². The second-order valence-electron chi connectivity index (χ2n) is 9.01. The van der Waals surface area contributed by atoms with Crippen molar-refractivity contribution in [3.63, 3.8) is 0 Å². The van der Waals surface area contributed by atoms with Crippen LogP contribution in [0.15, 0.2) is 0 Å². The zero-order valence-corrected chi connectivity index (χ0v) is 20.2. The van der Waals surface area contributed by atoms with Gasteiger partial charge in [0, 0.05) is 5.41 Å². The van der Waals surface area contributed by atoms with Crippen LogP contribution >= 0.6 is 46.4 Å². The number of nitrogens with zero attached hydrogens (tertiary/aromatic N) is 1. The van der Waals surface area contributed by atoms with Crippen LogP contribution in [0.1, 0.15) is 59.2 Å². The standard InChI is InChI=1S/C20H17Cl4NO4.Rh/c21-12-10-11(13(22)15(24)14(12)23)18(27)25(17(10)26)16(19(28)29)20-4-7-1-8(5-20)3-9(2-7)6-20;/h7-9,16H,1-6H2,(H,28,29);/q;+2. The van der Waals surface area contributed by atoms with E-state index in [1.54, 1.807) is 0 Å². The number of imide groups is 1. The Kier molecular flexibility index (Phi) is 5.77. The quantitative estimate of drug-likeness (QED) is 0.220. The van der Waals surface area contributed by atoms with Gasteiger partial charge in [0.2, 0.25) is 0 Å². The average Bonchev–Trinajstić information content (AvgIpc) is 2.88. The Morgan fingerprint density at radius 2 is 1.20 bits per heavy atom. The molecule has 161 valence electrons. The molecule has 1 unspecified atom stereocenters. The zero-order chi connectivity index (χ0) is 20.8. The van der Waals surface area contributed by atoms with Crippen molar-refractivity contribution < 1.29 is 39.0 Å². The third-order valence-electron chi connectivity index (χ3n) is 7.29. The molecular formula is C20H17Cl4NO4Rh+2. The van der Waals surface area contributed by atoms with Crippen LogP contribution in [-0.4, -0.2) is 33.8 Å². The Bertz CT molecular complexity index is 915. The number of hydrogen-bond donors (Lipinski definition) is 1. The fourth-order valence-electron chi connectivity index (χ4n) is 6.76. The molecule has 5 aliphatic rings. The van der Waals surface area contributed by atoms with E-state index < -0.39 is 29.2 Å². The van der Waals surface area contributed by atoms with Crippen molar-refractivity contribution >= 4 is 64.2 Å². The molecule has 4 fully saturated rings. The van der Waals surface area contributed by atoms with Crippen molar-refractivity contribution in [3.8, 4) is 0 Å². The first-order chi connectivity index (χ1) is 13.6. The van der Waals surface area contributed by atoms with Gasteiger partial charge in [-0.2, -0.15) is 0 Å². The molecule has 1 aromatic rings. The molecule has 6 rings (SSSR count). The van der Waals surface area contributed by atoms with Crippen LogP contribution in [-0.2, 0) is 24.3 Å². The summed E-state index contributed by atoms with van der Waals surface area (Å²) in [6, 6.07) is -1.26. The molecule has 30 heavy (non-hydrogen) atoms. The number of carbonyl (C=O) groups is 3. The number of carboxylic acid groups (broad SMARTS) is 1. The van der Waals surface area contributed by atoms with E-state index >= 15 is 0 Å². The molecule has 1 radical (unpaired) electrons. The van der Waals surface area contributed by atoms with Gasteiger partial charge in [-0.25, -0.2) is 4.79 Å². The number of hydrogen-bond acceptors (Lipinski definition) is 3. The first-order valence-electron chi connectivity index (χ1n) is 9.61. The van der Waals surface area contributed by atoms with Gasteiger partial charge in [0.1, 0.15) is 6.04 Å². The number of amides is 2. The summed E-state index contributed by atoms with van der Waals surface area (Å²) in [5.41, 5.74) is -0.931. The molecule has 10 heteroatoms. The van der Waals surface area contributed by atoms with Gasteiger partial charge in [0.05, 0.1) is 31.2 Å². The molecule has 0 spiro atoms. The Labute approximate surface area is 206 Å². The smallest absolute Gasteiger partial charge is 0.480 e. The average molecular weight is 580 g/mol. The van der Waals surface area contributed by atoms with E-state index in [1.807, 2.05) is 0 Å². The van der Waals surface area contributed by atoms with Crippen molar-refractivity contribution in [1.29, 1.82) is 0 Å². The predicted octanol–water partition coefficient (Wildman–Crippen LogP) is 5.56. The van der Waals surface area contributed by atoms with Crippen LogP contribution in [0.3, 0.4) is 0 Å². The van der Waals surface area contributed by atoms with Crippen LogP contribution in [0.4, 0.5) is 0 Å². The molecule has 4 saturated carbocycles. The van der Waals surface area contributed by atoms with E-state index in [1.165, 1.54) is 0 Å². The summed E-state index contributed by atoms with van der Waals surface area (Å²) in [6.07, 6.45) is 5.47. The van der Waals surface area contributed by atoms with Gasteiger partial charge in [-0.15, -0.1) is 0 Å². The molecule has 4 aliphatic carbocycles. The number of fused-ring (bicyclic) bond motifs is 1. The van der Waals surface area contributed by atoms with Crippen LogP contribution in [0.5, 0.6) is 0 Å². The van der Waals surface area contributed by atoms with E-state index in [-0.39, 0.29) is 50.7 Å². The number of halogens is 4. The fraction of sp³-hybridized carbons (Fsp3) is 0.550. The molecule has 5 nitrogen and oxygen atoms in total. The van der Waals surface area contributed by atoms with Gasteiger partial charge in [-0.05, 0) is 56.3 Å². The van der Waals surface area contributed by atoms with E-state index in [4.69, 9.17) is 46.4 Å². The van der Waals surface area contributed by atoms with E-state index in [9.17, 15) is 19.5 Å². The maximum atomic E-state index is 13.3. The molecule has 1 heterocycles. The molecule has 2 amide bonds. The largest absolute Gasteiger partial charge is 2.00 e. The zero-order valence-electron chi connectivity index (χ0n) is 15.5. The van der Waals surface area contributed by atoms with Crippen LogP contribution < -0.4 is 0 Å². The molecule has 1 aromatic carbocycles. The molecule has 1 N–H and O–H groups in total. The number of rotatable bonds is 3. The van der Waals surface area contributed by atoms with Crippen LogP contribution in [0.25, 0.3) is 0 Å². The summed E-state index contributed by atoms with van der Waals surface area (Å²) in [5.74, 6) is -1.35. The second-order valence-corrected chi connectivity index (χ2v) is 10.5. The van der Waals surface area contributed by atoms with Gasteiger partial charge >= 0.3 is 25.4 Å². The molecule has 4 bridgehead atoms. The van der Waals surface area contributed by atoms with Crippen molar-refractivity contribution in [2.45, 2.75) is 44.6 Å². The summed E-state index contributed by atoms with van der Waals surface area (Å²) in [5, 5.41) is 9.60. The topological polar surface area (TPSA) is 74.7 Å². The van der Waals surface area contributed by atoms with Crippen molar-refractivity contribution in [2.24, 2.45) is 23.2 Å². The van der Waals surface area contributed by atoms with Crippen molar-refractivity contribution in [3.05, 3.63) is 31.2 Å². The van der Waals surface area contributed by atoms with Crippen LogP contribution in [0, 0.1) is 23.2 Å². The van der Waals surface area contributed by atoms with Crippen LogP contribution in [0.2, 0.25) is 20.1 Å². The van der Waals surface area contributed by atoms with Crippen molar-refractivity contribution in [1.82, 2.24) is 4.90 Å². The SMILES string of the molecule is O=C(O)C(N1C(=O)c2c(Cl)c(Cl)c(Cl)c(Cl)c2C1=O)C12CC3CC(CC(C3)C1)C2.[Rh+2]. The molecular weight excluding hydrogens is 563 g/mol. The summed E-state index contributed by atoms with van der Waals surface area (Å²) >= 11 is 24.6. The normalized spacial score (nSPS) is 32.3. The first-order valence-corrected chi connectivity index (χ1v) is 11.1. The minimum Gasteiger partial charge on any atom is -0.480 e. The summed E-state index contributed by atoms with van der Waals surface area (Å²) in [7, 11) is 0. The first kappa shape index (κ1) is 22.8. The molecule has 0 aromatic heterocycles. The van der Waals surface area contributed by atoms with Gasteiger partial charge in [-0.1, -0.05) is 46.4 Å². The van der Waals surface area contributed by atoms with Gasteiger partial charge in [-0.3, -0.25) is 14.5 Å². The van der Waals surface area contributed by atoms with Gasteiger partial charge < -0.3 is 5.11 Å². The fourth-order valence-corrected chi connectivity index (χ4v) is 7.77. The molecule has 1 atom stereocenters. The monoisotopic (exact) mass is 578 g/mol. The maximum Gasteiger partial charge on any atom is 2.00 e. The Morgan fingerprint density at radius 1 is 0.833 bits per heavy atom. The molecule has 0 saturated heterocycles. The second kappa shape index (κ2) is 7.59. The van der Waals surface area contributed by atoms with E-state index in [0.29, 0.717) is 37.0 Å². The maximum absolute atomic E-state index is 13.3. The number of benzene rings is 1. The van der Waals surface area contributed by atoms with Crippen molar-refractivity contribution in [2.75, 3.05) is 0 Å². The Morgan fingerprint density at radius 3 is 1.53 bits per heavy atom. The van der Waals surface area contributed by atoms with E-state index in [2.05, 4.69) is 0 Å². The Hall–Kier alpha value is -0.387. The summed E-state index contributed by atoms with van der Waals surface area (Å²) < 4.78 is 0. The van der Waals surface area contributed by atoms with Gasteiger partial charge in [0.25, 0.3) is 11.8 Å². The Balaban J connectivity index is 0.00000218. The molecule has 1 aliphatic heterocycles. The third kappa shape index (κ3) is 3.01. The minimum absolute atomic E-state index is 0. The summed E-state index contributed by atoms with van der Waals surface area (Å²) in [6.45, 7) is 0. The number of carbonyl (C=O) groups excluding carboxylic acids is 2. The number of carboxylic acids is 1. The minimum atomic E-state index is -1.26. The van der Waals surface area contributed by atoms with Gasteiger partial charge in [0.15, 0.2) is 0 Å². The number of aliphatic carboxylic acids is 1. The summed E-state index contributed by atoms with van der Waals surface area (Å²) in [4.78, 5) is 39.9.